The molecule has 170 valence electrons. The largest absolute Gasteiger partial charge is 0.474 e. The molecular formula is C24H36N4O3. The zero-order valence-electron chi connectivity index (χ0n) is 18.8. The lowest BCUT2D eigenvalue weighted by Gasteiger charge is -2.47. The van der Waals surface area contributed by atoms with E-state index in [0.717, 1.165) is 82.6 Å². The van der Waals surface area contributed by atoms with Crippen LogP contribution >= 0.6 is 0 Å². The summed E-state index contributed by atoms with van der Waals surface area (Å²) in [6.45, 7) is 7.91. The average molecular weight is 429 g/mol. The number of carbonyl (C=O) groups excluding carboxylic acids is 1. The van der Waals surface area contributed by atoms with Crippen LogP contribution in [-0.4, -0.2) is 84.3 Å². The molecule has 1 spiro atoms. The van der Waals surface area contributed by atoms with E-state index in [4.69, 9.17) is 9.47 Å². The van der Waals surface area contributed by atoms with Crippen LogP contribution in [0.1, 0.15) is 51.9 Å². The molecule has 1 aliphatic carbocycles. The Bertz CT molecular complexity index is 751. The van der Waals surface area contributed by atoms with E-state index >= 15 is 0 Å². The summed E-state index contributed by atoms with van der Waals surface area (Å²) < 4.78 is 12.2. The third-order valence-electron chi connectivity index (χ3n) is 7.83. The van der Waals surface area contributed by atoms with Crippen LogP contribution in [0.15, 0.2) is 18.3 Å². The molecule has 1 amide bonds. The summed E-state index contributed by atoms with van der Waals surface area (Å²) in [5.74, 6) is 0.857. The summed E-state index contributed by atoms with van der Waals surface area (Å²) in [5, 5.41) is 0. The van der Waals surface area contributed by atoms with Gasteiger partial charge in [0, 0.05) is 51.4 Å². The van der Waals surface area contributed by atoms with Gasteiger partial charge in [-0.25, -0.2) is 4.98 Å². The maximum absolute atomic E-state index is 11.9. The molecule has 0 atom stereocenters. The molecule has 7 nitrogen and oxygen atoms in total. The van der Waals surface area contributed by atoms with Gasteiger partial charge in [0.05, 0.1) is 17.5 Å². The first-order chi connectivity index (χ1) is 15.1. The first kappa shape index (κ1) is 21.0. The third kappa shape index (κ3) is 4.53. The number of morpholine rings is 1. The van der Waals surface area contributed by atoms with Gasteiger partial charge < -0.3 is 24.2 Å². The maximum Gasteiger partial charge on any atom is 0.248 e. The molecule has 1 aromatic heterocycles. The van der Waals surface area contributed by atoms with Gasteiger partial charge in [0.25, 0.3) is 0 Å². The number of likely N-dealkylation sites (N-methyl/N-ethyl adjacent to an activating group) is 1. The maximum atomic E-state index is 11.9. The molecule has 4 fully saturated rings. The van der Waals surface area contributed by atoms with Gasteiger partial charge in [-0.15, -0.1) is 0 Å². The Morgan fingerprint density at radius 1 is 1.13 bits per heavy atom. The van der Waals surface area contributed by atoms with Crippen molar-refractivity contribution >= 4 is 11.6 Å². The van der Waals surface area contributed by atoms with Gasteiger partial charge in [-0.05, 0) is 51.5 Å². The zero-order valence-corrected chi connectivity index (χ0v) is 18.8. The Balaban J connectivity index is 1.10. The van der Waals surface area contributed by atoms with Crippen molar-refractivity contribution < 1.29 is 14.3 Å². The number of amides is 1. The minimum atomic E-state index is -0.175. The minimum absolute atomic E-state index is 0.115. The molecule has 1 saturated carbocycles. The van der Waals surface area contributed by atoms with Gasteiger partial charge in [-0.2, -0.15) is 0 Å². The molecule has 4 aliphatic rings. The number of carbonyl (C=O) groups is 1. The normalized spacial score (nSPS) is 25.6. The van der Waals surface area contributed by atoms with Gasteiger partial charge >= 0.3 is 0 Å². The van der Waals surface area contributed by atoms with Crippen molar-refractivity contribution in [2.75, 3.05) is 50.8 Å². The number of hydrogen-bond acceptors (Lipinski definition) is 6. The lowest BCUT2D eigenvalue weighted by atomic mass is 9.89. The van der Waals surface area contributed by atoms with E-state index in [1.165, 1.54) is 19.3 Å². The highest BCUT2D eigenvalue weighted by atomic mass is 16.5. The van der Waals surface area contributed by atoms with Crippen LogP contribution < -0.4 is 9.64 Å². The highest BCUT2D eigenvalue weighted by molar-refractivity contribution is 5.78. The standard InChI is InChI=1S/C24H36N4O3/c1-2-26-18-24(30-17-23(26)29)10-14-28(15-11-24)20-6-7-22(25-16-20)31-21-8-12-27(13-9-21)19-4-3-5-19/h6-7,16,19,21H,2-5,8-15,17-18H2,1H3. The van der Waals surface area contributed by atoms with E-state index in [2.05, 4.69) is 20.9 Å². The van der Waals surface area contributed by atoms with Crippen LogP contribution in [0.2, 0.25) is 0 Å². The summed E-state index contributed by atoms with van der Waals surface area (Å²) in [4.78, 5) is 23.5. The number of likely N-dealkylation sites (tertiary alicyclic amines) is 1. The highest BCUT2D eigenvalue weighted by Crippen LogP contribution is 2.33. The minimum Gasteiger partial charge on any atom is -0.474 e. The molecule has 31 heavy (non-hydrogen) atoms. The average Bonchev–Trinajstić information content (AvgIpc) is 2.77. The fourth-order valence-corrected chi connectivity index (χ4v) is 5.46. The lowest BCUT2D eigenvalue weighted by Crippen LogP contribution is -2.58. The van der Waals surface area contributed by atoms with Gasteiger partial charge in [0.1, 0.15) is 12.7 Å². The van der Waals surface area contributed by atoms with Crippen LogP contribution in [0.4, 0.5) is 5.69 Å². The van der Waals surface area contributed by atoms with Crippen LogP contribution in [0.25, 0.3) is 0 Å². The molecule has 0 aromatic carbocycles. The number of nitrogens with zero attached hydrogens (tertiary/aromatic N) is 4. The monoisotopic (exact) mass is 428 g/mol. The van der Waals surface area contributed by atoms with Crippen LogP contribution in [0.3, 0.4) is 0 Å². The van der Waals surface area contributed by atoms with E-state index in [1.54, 1.807) is 0 Å². The molecule has 0 bridgehead atoms. The molecule has 3 saturated heterocycles. The smallest absolute Gasteiger partial charge is 0.248 e. The molecule has 0 unspecified atom stereocenters. The SMILES string of the molecule is CCN1CC2(CCN(c3ccc(OC4CCN(C5CCC5)CC4)nc3)CC2)OCC1=O. The van der Waals surface area contributed by atoms with Gasteiger partial charge in [-0.1, -0.05) is 6.42 Å². The van der Waals surface area contributed by atoms with E-state index in [1.807, 2.05) is 24.1 Å². The number of aromatic nitrogens is 1. The van der Waals surface area contributed by atoms with E-state index in [-0.39, 0.29) is 24.2 Å². The van der Waals surface area contributed by atoms with Gasteiger partial charge in [-0.3, -0.25) is 4.79 Å². The summed E-state index contributed by atoms with van der Waals surface area (Å²) in [5.41, 5.74) is 0.965. The van der Waals surface area contributed by atoms with Crippen molar-refractivity contribution in [1.29, 1.82) is 0 Å². The number of anilines is 1. The van der Waals surface area contributed by atoms with E-state index < -0.39 is 0 Å². The molecule has 7 heteroatoms. The lowest BCUT2D eigenvalue weighted by molar-refractivity contribution is -0.166. The van der Waals surface area contributed by atoms with Gasteiger partial charge in [0.2, 0.25) is 11.8 Å². The van der Waals surface area contributed by atoms with Crippen molar-refractivity contribution in [3.05, 3.63) is 18.3 Å². The van der Waals surface area contributed by atoms with Crippen molar-refractivity contribution in [2.24, 2.45) is 0 Å². The highest BCUT2D eigenvalue weighted by Gasteiger charge is 2.41. The fraction of sp³-hybridized carbons (Fsp3) is 0.750. The predicted octanol–water partition coefficient (Wildman–Crippen LogP) is 2.70. The Labute approximate surface area is 185 Å². The van der Waals surface area contributed by atoms with Crippen LogP contribution in [0, 0.1) is 0 Å². The van der Waals surface area contributed by atoms with E-state index in [9.17, 15) is 4.79 Å². The van der Waals surface area contributed by atoms with Gasteiger partial charge in [0.15, 0.2) is 0 Å². The molecule has 4 heterocycles. The van der Waals surface area contributed by atoms with Crippen LogP contribution in [-0.2, 0) is 9.53 Å². The quantitative estimate of drug-likeness (QED) is 0.719. The predicted molar refractivity (Wildman–Crippen MR) is 119 cm³/mol. The molecule has 0 N–H and O–H groups in total. The Morgan fingerprint density at radius 3 is 2.52 bits per heavy atom. The summed E-state index contributed by atoms with van der Waals surface area (Å²) in [7, 11) is 0. The van der Waals surface area contributed by atoms with Crippen LogP contribution in [0.5, 0.6) is 5.88 Å². The Hall–Kier alpha value is -1.86. The van der Waals surface area contributed by atoms with Crippen molar-refractivity contribution in [2.45, 2.75) is 69.6 Å². The Kier molecular flexibility index (Phi) is 6.06. The fourth-order valence-electron chi connectivity index (χ4n) is 5.46. The molecule has 3 aliphatic heterocycles. The Morgan fingerprint density at radius 2 is 1.90 bits per heavy atom. The summed E-state index contributed by atoms with van der Waals surface area (Å²) in [6.07, 6.45) is 10.5. The summed E-state index contributed by atoms with van der Waals surface area (Å²) >= 11 is 0. The first-order valence-electron chi connectivity index (χ1n) is 12.2. The molecular weight excluding hydrogens is 392 g/mol. The topological polar surface area (TPSA) is 58.1 Å². The third-order valence-corrected chi connectivity index (χ3v) is 7.83. The number of piperidine rings is 2. The summed E-state index contributed by atoms with van der Waals surface area (Å²) in [6, 6.07) is 4.99. The first-order valence-corrected chi connectivity index (χ1v) is 12.2. The molecule has 5 rings (SSSR count). The van der Waals surface area contributed by atoms with Crippen molar-refractivity contribution in [1.82, 2.24) is 14.8 Å². The zero-order chi connectivity index (χ0) is 21.3. The number of rotatable bonds is 5. The van der Waals surface area contributed by atoms with Crippen molar-refractivity contribution in [3.63, 3.8) is 0 Å². The number of pyridine rings is 1. The van der Waals surface area contributed by atoms with Crippen molar-refractivity contribution in [3.8, 4) is 5.88 Å². The molecule has 0 radical (unpaired) electrons. The molecule has 1 aromatic rings. The second kappa shape index (κ2) is 8.94. The number of hydrogen-bond donors (Lipinski definition) is 0. The second-order valence-electron chi connectivity index (χ2n) is 9.66. The number of ether oxygens (including phenoxy) is 2. The van der Waals surface area contributed by atoms with E-state index in [0.29, 0.717) is 0 Å². The second-order valence-corrected chi connectivity index (χ2v) is 9.66.